The largest absolute Gasteiger partial charge is 0.491 e. The Bertz CT molecular complexity index is 1050. The number of aromatic hydroxyl groups is 1. The van der Waals surface area contributed by atoms with Gasteiger partial charge in [0.05, 0.1) is 16.8 Å². The first-order valence-electron chi connectivity index (χ1n) is 7.66. The molecule has 0 fully saturated rings. The summed E-state index contributed by atoms with van der Waals surface area (Å²) in [6.45, 7) is 2.32. The van der Waals surface area contributed by atoms with Gasteiger partial charge in [-0.3, -0.25) is 0 Å². The molecular weight excluding hydrogens is 422 g/mol. The topological polar surface area (TPSA) is 97.4 Å². The van der Waals surface area contributed by atoms with E-state index in [1.165, 1.54) is 0 Å². The first kappa shape index (κ1) is 16.8. The van der Waals surface area contributed by atoms with Gasteiger partial charge in [-0.25, -0.2) is 0 Å². The van der Waals surface area contributed by atoms with Crippen LogP contribution in [0.15, 0.2) is 41.0 Å². The lowest BCUT2D eigenvalue weighted by Crippen LogP contribution is -2.03. The number of aromatic nitrogens is 7. The summed E-state index contributed by atoms with van der Waals surface area (Å²) in [5.74, 6) is 1.02. The first-order chi connectivity index (χ1) is 12.5. The summed E-state index contributed by atoms with van der Waals surface area (Å²) < 4.78 is 4.61. The SMILES string of the molecule is Cc1nc(O)c(Cl)n1Cc1ccc(-n2c(Br)ccc2-c2nn[nH]n2)cc1. The monoisotopic (exact) mass is 433 g/mol. The van der Waals surface area contributed by atoms with E-state index in [1.54, 1.807) is 11.5 Å². The van der Waals surface area contributed by atoms with Crippen molar-refractivity contribution in [1.29, 1.82) is 0 Å². The number of nitrogens with zero attached hydrogens (tertiary/aromatic N) is 6. The second kappa shape index (κ2) is 6.58. The molecule has 132 valence electrons. The number of rotatable bonds is 4. The predicted molar refractivity (Wildman–Crippen MR) is 99.4 cm³/mol. The van der Waals surface area contributed by atoms with E-state index in [0.29, 0.717) is 18.2 Å². The zero-order valence-electron chi connectivity index (χ0n) is 13.6. The van der Waals surface area contributed by atoms with Gasteiger partial charge in [0.2, 0.25) is 11.7 Å². The normalized spacial score (nSPS) is 11.2. The Morgan fingerprint density at radius 2 is 1.96 bits per heavy atom. The number of hydrogen-bond acceptors (Lipinski definition) is 5. The summed E-state index contributed by atoms with van der Waals surface area (Å²) in [5.41, 5.74) is 2.79. The molecule has 0 radical (unpaired) electrons. The van der Waals surface area contributed by atoms with Crippen molar-refractivity contribution in [2.75, 3.05) is 0 Å². The highest BCUT2D eigenvalue weighted by Gasteiger charge is 2.15. The summed E-state index contributed by atoms with van der Waals surface area (Å²) >= 11 is 9.65. The van der Waals surface area contributed by atoms with Crippen LogP contribution in [-0.4, -0.2) is 39.8 Å². The van der Waals surface area contributed by atoms with Crippen LogP contribution in [0.2, 0.25) is 5.15 Å². The molecule has 0 bridgehead atoms. The van der Waals surface area contributed by atoms with E-state index in [0.717, 1.165) is 21.5 Å². The molecule has 26 heavy (non-hydrogen) atoms. The number of aromatic amines is 1. The number of nitrogens with one attached hydrogen (secondary N) is 1. The van der Waals surface area contributed by atoms with Gasteiger partial charge in [-0.2, -0.15) is 10.2 Å². The zero-order valence-corrected chi connectivity index (χ0v) is 15.9. The summed E-state index contributed by atoms with van der Waals surface area (Å²) in [6, 6.07) is 11.8. The van der Waals surface area contributed by atoms with E-state index in [-0.39, 0.29) is 11.0 Å². The van der Waals surface area contributed by atoms with Crippen molar-refractivity contribution in [3.63, 3.8) is 0 Å². The highest BCUT2D eigenvalue weighted by atomic mass is 79.9. The summed E-state index contributed by atoms with van der Waals surface area (Å²) in [5, 5.41) is 24.0. The van der Waals surface area contributed by atoms with Gasteiger partial charge in [-0.15, -0.1) is 10.2 Å². The molecule has 1 aromatic carbocycles. The van der Waals surface area contributed by atoms with E-state index in [1.807, 2.05) is 41.0 Å². The molecule has 0 atom stereocenters. The molecule has 0 aliphatic rings. The van der Waals surface area contributed by atoms with Crippen molar-refractivity contribution in [3.05, 3.63) is 57.5 Å². The van der Waals surface area contributed by atoms with Crippen molar-refractivity contribution in [3.8, 4) is 23.1 Å². The molecule has 0 spiro atoms. The van der Waals surface area contributed by atoms with Crippen molar-refractivity contribution in [1.82, 2.24) is 34.7 Å². The van der Waals surface area contributed by atoms with Gasteiger partial charge >= 0.3 is 0 Å². The maximum atomic E-state index is 9.63. The molecule has 3 aromatic heterocycles. The Kier molecular flexibility index (Phi) is 4.25. The van der Waals surface area contributed by atoms with Crippen LogP contribution in [0, 0.1) is 6.92 Å². The highest BCUT2D eigenvalue weighted by Crippen LogP contribution is 2.28. The Hall–Kier alpha value is -2.65. The van der Waals surface area contributed by atoms with Crippen LogP contribution in [0.5, 0.6) is 5.88 Å². The third kappa shape index (κ3) is 2.89. The number of imidazole rings is 1. The molecule has 0 saturated heterocycles. The van der Waals surface area contributed by atoms with Crippen molar-refractivity contribution in [2.45, 2.75) is 13.5 Å². The zero-order chi connectivity index (χ0) is 18.3. The van der Waals surface area contributed by atoms with Crippen LogP contribution >= 0.6 is 27.5 Å². The Morgan fingerprint density at radius 1 is 1.19 bits per heavy atom. The Labute approximate surface area is 161 Å². The van der Waals surface area contributed by atoms with Gasteiger partial charge in [0.25, 0.3) is 0 Å². The minimum absolute atomic E-state index is 0.151. The molecule has 0 amide bonds. The lowest BCUT2D eigenvalue weighted by molar-refractivity contribution is 0.455. The van der Waals surface area contributed by atoms with Crippen LogP contribution < -0.4 is 0 Å². The van der Waals surface area contributed by atoms with E-state index in [2.05, 4.69) is 41.5 Å². The number of aryl methyl sites for hydroxylation is 1. The molecule has 2 N–H and O–H groups in total. The average molecular weight is 435 g/mol. The van der Waals surface area contributed by atoms with Crippen LogP contribution in [0.25, 0.3) is 17.2 Å². The minimum atomic E-state index is -0.151. The molecule has 4 aromatic rings. The van der Waals surface area contributed by atoms with Crippen LogP contribution in [-0.2, 0) is 6.54 Å². The molecule has 8 nitrogen and oxygen atoms in total. The Balaban J connectivity index is 1.66. The van der Waals surface area contributed by atoms with Gasteiger partial charge in [-0.1, -0.05) is 23.7 Å². The summed E-state index contributed by atoms with van der Waals surface area (Å²) in [4.78, 5) is 3.97. The molecule has 0 aliphatic carbocycles. The third-order valence-electron chi connectivity index (χ3n) is 4.02. The fraction of sp³-hybridized carbons (Fsp3) is 0.125. The first-order valence-corrected chi connectivity index (χ1v) is 8.83. The molecule has 0 aliphatic heterocycles. The molecule has 0 unspecified atom stereocenters. The van der Waals surface area contributed by atoms with Gasteiger partial charge in [0, 0.05) is 5.69 Å². The average Bonchev–Trinajstić information content (AvgIpc) is 3.33. The second-order valence-corrected chi connectivity index (χ2v) is 6.81. The number of halogens is 2. The van der Waals surface area contributed by atoms with Crippen molar-refractivity contribution in [2.24, 2.45) is 0 Å². The van der Waals surface area contributed by atoms with E-state index < -0.39 is 0 Å². The van der Waals surface area contributed by atoms with Gasteiger partial charge < -0.3 is 14.2 Å². The lowest BCUT2D eigenvalue weighted by atomic mass is 10.2. The second-order valence-electron chi connectivity index (χ2n) is 5.64. The summed E-state index contributed by atoms with van der Waals surface area (Å²) in [6.07, 6.45) is 0. The van der Waals surface area contributed by atoms with Crippen molar-refractivity contribution < 1.29 is 5.11 Å². The Morgan fingerprint density at radius 3 is 2.58 bits per heavy atom. The van der Waals surface area contributed by atoms with E-state index in [4.69, 9.17) is 11.6 Å². The van der Waals surface area contributed by atoms with Gasteiger partial charge in [0.15, 0.2) is 5.15 Å². The molecule has 0 saturated carbocycles. The van der Waals surface area contributed by atoms with E-state index in [9.17, 15) is 5.11 Å². The maximum Gasteiger partial charge on any atom is 0.249 e. The summed E-state index contributed by atoms with van der Waals surface area (Å²) in [7, 11) is 0. The number of hydrogen-bond donors (Lipinski definition) is 2. The molecular formula is C16H13BrClN7O. The smallest absolute Gasteiger partial charge is 0.249 e. The van der Waals surface area contributed by atoms with Crippen LogP contribution in [0.1, 0.15) is 11.4 Å². The minimum Gasteiger partial charge on any atom is -0.491 e. The van der Waals surface area contributed by atoms with Gasteiger partial charge in [0.1, 0.15) is 5.82 Å². The number of tetrazole rings is 1. The standard InChI is InChI=1S/C16H13BrClN7O/c1-9-19-16(26)14(18)24(9)8-10-2-4-11(5-3-10)25-12(6-7-13(25)17)15-20-22-23-21-15/h2-7,26H,8H2,1H3,(H,20,21,22,23). The molecule has 3 heterocycles. The molecule has 4 rings (SSSR count). The third-order valence-corrected chi connectivity index (χ3v) is 5.01. The maximum absolute atomic E-state index is 9.63. The van der Waals surface area contributed by atoms with Gasteiger partial charge in [-0.05, 0) is 57.9 Å². The quantitative estimate of drug-likeness (QED) is 0.513. The highest BCUT2D eigenvalue weighted by molar-refractivity contribution is 9.10. The van der Waals surface area contributed by atoms with Crippen LogP contribution in [0.4, 0.5) is 0 Å². The fourth-order valence-corrected chi connectivity index (χ4v) is 3.51. The lowest BCUT2D eigenvalue weighted by Gasteiger charge is -2.11. The number of H-pyrrole nitrogens is 1. The van der Waals surface area contributed by atoms with E-state index >= 15 is 0 Å². The predicted octanol–water partition coefficient (Wildman–Crippen LogP) is 3.33. The number of benzene rings is 1. The fourth-order valence-electron chi connectivity index (χ4n) is 2.76. The van der Waals surface area contributed by atoms with Crippen LogP contribution in [0.3, 0.4) is 0 Å². The van der Waals surface area contributed by atoms with Crippen molar-refractivity contribution >= 4 is 27.5 Å². The molecule has 10 heteroatoms.